The van der Waals surface area contributed by atoms with E-state index in [9.17, 15) is 5.11 Å². The van der Waals surface area contributed by atoms with Gasteiger partial charge in [-0.25, -0.2) is 0 Å². The summed E-state index contributed by atoms with van der Waals surface area (Å²) in [6, 6.07) is 12.3. The number of fused-ring (bicyclic) bond motifs is 3. The molecule has 3 aromatic rings. The number of aromatic nitrogens is 1. The fourth-order valence-corrected chi connectivity index (χ4v) is 2.57. The number of aromatic hydroxyl groups is 1. The zero-order valence-corrected chi connectivity index (χ0v) is 10.1. The molecule has 0 amide bonds. The lowest BCUT2D eigenvalue weighted by Gasteiger charge is -2.04. The molecular weight excluding hydrogens is 210 g/mol. The van der Waals surface area contributed by atoms with E-state index in [0.717, 1.165) is 28.4 Å². The van der Waals surface area contributed by atoms with Crippen LogP contribution in [0.15, 0.2) is 36.4 Å². The first kappa shape index (κ1) is 10.2. The molecular formula is C15H15NO. The summed E-state index contributed by atoms with van der Waals surface area (Å²) in [6.07, 6.45) is 0. The number of para-hydroxylation sites is 1. The molecule has 0 atom stereocenters. The Morgan fingerprint density at radius 2 is 1.82 bits per heavy atom. The Labute approximate surface area is 100 Å². The molecule has 0 aliphatic carbocycles. The highest BCUT2D eigenvalue weighted by Crippen LogP contribution is 2.36. The third kappa shape index (κ3) is 1.27. The van der Waals surface area contributed by atoms with Gasteiger partial charge in [-0.2, -0.15) is 0 Å². The van der Waals surface area contributed by atoms with Gasteiger partial charge in [0.2, 0.25) is 0 Å². The molecule has 0 saturated heterocycles. The summed E-state index contributed by atoms with van der Waals surface area (Å²) in [4.78, 5) is 0. The fourth-order valence-electron chi connectivity index (χ4n) is 2.57. The average Bonchev–Trinajstić information content (AvgIpc) is 2.68. The van der Waals surface area contributed by atoms with Crippen LogP contribution in [0.5, 0.6) is 5.75 Å². The Morgan fingerprint density at radius 3 is 2.59 bits per heavy atom. The van der Waals surface area contributed by atoms with Gasteiger partial charge in [0.15, 0.2) is 0 Å². The minimum absolute atomic E-state index is 0.408. The van der Waals surface area contributed by atoms with Crippen LogP contribution in [0.2, 0.25) is 0 Å². The molecule has 0 radical (unpaired) electrons. The van der Waals surface area contributed by atoms with Crippen molar-refractivity contribution in [3.8, 4) is 5.75 Å². The minimum atomic E-state index is 0.408. The Kier molecular flexibility index (Phi) is 2.11. The van der Waals surface area contributed by atoms with Gasteiger partial charge in [0.25, 0.3) is 0 Å². The summed E-state index contributed by atoms with van der Waals surface area (Å²) in [6.45, 7) is 4.97. The van der Waals surface area contributed by atoms with Gasteiger partial charge in [0.1, 0.15) is 5.75 Å². The normalized spacial score (nSPS) is 11.4. The van der Waals surface area contributed by atoms with E-state index in [-0.39, 0.29) is 0 Å². The zero-order valence-electron chi connectivity index (χ0n) is 10.1. The van der Waals surface area contributed by atoms with Crippen molar-refractivity contribution in [1.29, 1.82) is 0 Å². The minimum Gasteiger partial charge on any atom is -0.507 e. The van der Waals surface area contributed by atoms with E-state index in [1.165, 1.54) is 5.52 Å². The number of hydrogen-bond acceptors (Lipinski definition) is 1. The monoisotopic (exact) mass is 225 g/mol. The second kappa shape index (κ2) is 3.52. The maximum absolute atomic E-state index is 10.3. The number of phenols is 1. The molecule has 0 bridgehead atoms. The lowest BCUT2D eigenvalue weighted by atomic mass is 10.1. The number of benzene rings is 2. The summed E-state index contributed by atoms with van der Waals surface area (Å²) < 4.78 is 2.24. The quantitative estimate of drug-likeness (QED) is 0.669. The van der Waals surface area contributed by atoms with Gasteiger partial charge in [-0.1, -0.05) is 24.3 Å². The molecule has 0 spiro atoms. The molecule has 86 valence electrons. The summed E-state index contributed by atoms with van der Waals surface area (Å²) in [7, 11) is 0. The van der Waals surface area contributed by atoms with Gasteiger partial charge in [-0.15, -0.1) is 0 Å². The van der Waals surface area contributed by atoms with Crippen LogP contribution in [-0.2, 0) is 6.54 Å². The Hall–Kier alpha value is -1.96. The van der Waals surface area contributed by atoms with Crippen molar-refractivity contribution in [3.05, 3.63) is 42.0 Å². The van der Waals surface area contributed by atoms with Crippen LogP contribution < -0.4 is 0 Å². The molecule has 0 aliphatic rings. The summed E-state index contributed by atoms with van der Waals surface area (Å²) >= 11 is 0. The van der Waals surface area contributed by atoms with Crippen LogP contribution in [0.1, 0.15) is 12.5 Å². The molecule has 3 rings (SSSR count). The van der Waals surface area contributed by atoms with Crippen LogP contribution in [-0.4, -0.2) is 9.67 Å². The highest BCUT2D eigenvalue weighted by molar-refractivity contribution is 6.11. The first-order chi connectivity index (χ1) is 8.24. The third-order valence-electron chi connectivity index (χ3n) is 3.43. The predicted molar refractivity (Wildman–Crippen MR) is 71.5 cm³/mol. The Morgan fingerprint density at radius 1 is 1.06 bits per heavy atom. The number of rotatable bonds is 1. The first-order valence-electron chi connectivity index (χ1n) is 5.93. The average molecular weight is 225 g/mol. The molecule has 0 aliphatic heterocycles. The highest BCUT2D eigenvalue weighted by Gasteiger charge is 2.13. The van der Waals surface area contributed by atoms with E-state index in [4.69, 9.17) is 0 Å². The van der Waals surface area contributed by atoms with Crippen molar-refractivity contribution in [2.75, 3.05) is 0 Å². The van der Waals surface area contributed by atoms with E-state index in [0.29, 0.717) is 5.75 Å². The largest absolute Gasteiger partial charge is 0.507 e. The fraction of sp³-hybridized carbons (Fsp3) is 0.200. The number of aryl methyl sites for hydroxylation is 2. The van der Waals surface area contributed by atoms with Crippen LogP contribution in [0, 0.1) is 6.92 Å². The van der Waals surface area contributed by atoms with E-state index in [1.807, 2.05) is 25.1 Å². The van der Waals surface area contributed by atoms with Gasteiger partial charge in [0, 0.05) is 22.8 Å². The van der Waals surface area contributed by atoms with Gasteiger partial charge in [-0.3, -0.25) is 0 Å². The Balaban J connectivity index is 2.64. The number of hydrogen-bond donors (Lipinski definition) is 1. The molecule has 0 unspecified atom stereocenters. The summed E-state index contributed by atoms with van der Waals surface area (Å²) in [5.74, 6) is 0.408. The maximum Gasteiger partial charge on any atom is 0.128 e. The molecule has 17 heavy (non-hydrogen) atoms. The second-order valence-corrected chi connectivity index (χ2v) is 4.39. The van der Waals surface area contributed by atoms with Crippen LogP contribution in [0.3, 0.4) is 0 Å². The number of phenolic OH excluding ortho intramolecular Hbond substituents is 1. The smallest absolute Gasteiger partial charge is 0.128 e. The lowest BCUT2D eigenvalue weighted by Crippen LogP contribution is -1.92. The lowest BCUT2D eigenvalue weighted by molar-refractivity contribution is 0.478. The van der Waals surface area contributed by atoms with Crippen molar-refractivity contribution in [3.63, 3.8) is 0 Å². The predicted octanol–water partition coefficient (Wildman–Crippen LogP) is 3.83. The van der Waals surface area contributed by atoms with Gasteiger partial charge < -0.3 is 9.67 Å². The molecule has 1 aromatic heterocycles. The molecule has 0 saturated carbocycles. The van der Waals surface area contributed by atoms with Crippen LogP contribution in [0.25, 0.3) is 21.8 Å². The van der Waals surface area contributed by atoms with E-state index >= 15 is 0 Å². The molecule has 1 N–H and O–H groups in total. The summed E-state index contributed by atoms with van der Waals surface area (Å²) in [5, 5.41) is 12.4. The molecule has 1 heterocycles. The SMILES string of the molecule is CCn1c2ccccc2c2c(O)c(C)ccc21. The Bertz CT molecular complexity index is 710. The third-order valence-corrected chi connectivity index (χ3v) is 3.43. The highest BCUT2D eigenvalue weighted by atomic mass is 16.3. The van der Waals surface area contributed by atoms with Crippen molar-refractivity contribution in [2.45, 2.75) is 20.4 Å². The van der Waals surface area contributed by atoms with E-state index < -0.39 is 0 Å². The topological polar surface area (TPSA) is 25.2 Å². The van der Waals surface area contributed by atoms with Crippen LogP contribution >= 0.6 is 0 Å². The van der Waals surface area contributed by atoms with Crippen molar-refractivity contribution in [2.24, 2.45) is 0 Å². The van der Waals surface area contributed by atoms with Gasteiger partial charge >= 0.3 is 0 Å². The van der Waals surface area contributed by atoms with Crippen LogP contribution in [0.4, 0.5) is 0 Å². The second-order valence-electron chi connectivity index (χ2n) is 4.39. The van der Waals surface area contributed by atoms with Crippen molar-refractivity contribution >= 4 is 21.8 Å². The van der Waals surface area contributed by atoms with Crippen molar-refractivity contribution in [1.82, 2.24) is 4.57 Å². The van der Waals surface area contributed by atoms with Crippen molar-refractivity contribution < 1.29 is 5.11 Å². The van der Waals surface area contributed by atoms with Gasteiger partial charge in [-0.05, 0) is 31.5 Å². The van der Waals surface area contributed by atoms with E-state index in [2.05, 4.69) is 29.7 Å². The molecule has 2 heteroatoms. The molecule has 2 aromatic carbocycles. The standard InChI is InChI=1S/C15H15NO/c1-3-16-12-7-5-4-6-11(12)14-13(16)9-8-10(2)15(14)17/h4-9,17H,3H2,1-2H3. The number of nitrogens with zero attached hydrogens (tertiary/aromatic N) is 1. The van der Waals surface area contributed by atoms with E-state index in [1.54, 1.807) is 0 Å². The zero-order chi connectivity index (χ0) is 12.0. The molecule has 0 fully saturated rings. The van der Waals surface area contributed by atoms with Gasteiger partial charge in [0.05, 0.1) is 5.52 Å². The molecule has 2 nitrogen and oxygen atoms in total. The first-order valence-corrected chi connectivity index (χ1v) is 5.93. The summed E-state index contributed by atoms with van der Waals surface area (Å²) in [5.41, 5.74) is 3.22. The maximum atomic E-state index is 10.3.